The van der Waals surface area contributed by atoms with Crippen molar-refractivity contribution in [2.45, 2.75) is 25.2 Å². The zero-order chi connectivity index (χ0) is 20.1. The minimum absolute atomic E-state index is 0.312. The predicted molar refractivity (Wildman–Crippen MR) is 113 cm³/mol. The molecule has 28 heavy (non-hydrogen) atoms. The van der Waals surface area contributed by atoms with Gasteiger partial charge in [-0.05, 0) is 80.6 Å². The number of phenols is 1. The number of hydrogen-bond acceptors (Lipinski definition) is 4. The Morgan fingerprint density at radius 3 is 2.71 bits per heavy atom. The smallest absolute Gasteiger partial charge is 0.337 e. The molecule has 0 bridgehead atoms. The van der Waals surface area contributed by atoms with Crippen LogP contribution in [0.25, 0.3) is 6.08 Å². The number of ether oxygens (including phenoxy) is 1. The van der Waals surface area contributed by atoms with Crippen LogP contribution in [-0.4, -0.2) is 43.7 Å². The number of aromatic hydroxyl groups is 1. The molecule has 0 heterocycles. The Kier molecular flexibility index (Phi) is 6.53. The third kappa shape index (κ3) is 5.02. The van der Waals surface area contributed by atoms with Crippen LogP contribution in [0.3, 0.4) is 0 Å². The SMILES string of the molecule is COC(=O)c1cccc(/C=C2\CCC(CN(C)C)C(c3cccc(O)c3)C2)c1. The summed E-state index contributed by atoms with van der Waals surface area (Å²) in [6.07, 6.45) is 5.33. The van der Waals surface area contributed by atoms with Gasteiger partial charge in [-0.3, -0.25) is 0 Å². The standard InChI is InChI=1S/C24H29NO3/c1-25(2)16-21-11-10-18(14-23(21)19-7-5-9-22(26)15-19)12-17-6-4-8-20(13-17)24(27)28-3/h4-9,12-13,15,21,23,26H,10-11,14,16H2,1-3H3/b18-12+. The van der Waals surface area contributed by atoms with Gasteiger partial charge in [0.1, 0.15) is 5.75 Å². The molecule has 0 aliphatic heterocycles. The minimum Gasteiger partial charge on any atom is -0.508 e. The Hall–Kier alpha value is -2.59. The Morgan fingerprint density at radius 2 is 2.00 bits per heavy atom. The zero-order valence-corrected chi connectivity index (χ0v) is 16.9. The van der Waals surface area contributed by atoms with E-state index in [0.717, 1.165) is 31.4 Å². The van der Waals surface area contributed by atoms with E-state index in [4.69, 9.17) is 4.74 Å². The van der Waals surface area contributed by atoms with Crippen molar-refractivity contribution in [2.24, 2.45) is 5.92 Å². The van der Waals surface area contributed by atoms with Crippen LogP contribution in [0.5, 0.6) is 5.75 Å². The number of allylic oxidation sites excluding steroid dienone is 1. The van der Waals surface area contributed by atoms with E-state index < -0.39 is 0 Å². The van der Waals surface area contributed by atoms with Gasteiger partial charge in [0, 0.05) is 6.54 Å². The largest absolute Gasteiger partial charge is 0.508 e. The second-order valence-corrected chi connectivity index (χ2v) is 7.89. The number of carbonyl (C=O) groups is 1. The van der Waals surface area contributed by atoms with Crippen molar-refractivity contribution in [1.82, 2.24) is 4.90 Å². The maximum atomic E-state index is 11.8. The summed E-state index contributed by atoms with van der Waals surface area (Å²) in [4.78, 5) is 14.0. The van der Waals surface area contributed by atoms with Crippen LogP contribution in [0.2, 0.25) is 0 Å². The molecule has 2 aromatic carbocycles. The van der Waals surface area contributed by atoms with Crippen LogP contribution in [0, 0.1) is 5.92 Å². The lowest BCUT2D eigenvalue weighted by Gasteiger charge is -2.35. The molecule has 4 heteroatoms. The summed E-state index contributed by atoms with van der Waals surface area (Å²) in [5.41, 5.74) is 4.17. The highest BCUT2D eigenvalue weighted by Crippen LogP contribution is 2.42. The number of nitrogens with zero attached hydrogens (tertiary/aromatic N) is 1. The van der Waals surface area contributed by atoms with Gasteiger partial charge in [-0.15, -0.1) is 0 Å². The van der Waals surface area contributed by atoms with Crippen LogP contribution >= 0.6 is 0 Å². The third-order valence-electron chi connectivity index (χ3n) is 5.46. The third-order valence-corrected chi connectivity index (χ3v) is 5.46. The minimum atomic E-state index is -0.312. The molecule has 3 rings (SSSR count). The molecule has 1 fully saturated rings. The first-order chi connectivity index (χ1) is 13.5. The highest BCUT2D eigenvalue weighted by Gasteiger charge is 2.29. The second kappa shape index (κ2) is 9.07. The number of hydrogen-bond donors (Lipinski definition) is 1. The maximum Gasteiger partial charge on any atom is 0.337 e. The van der Waals surface area contributed by atoms with Crippen LogP contribution in [0.4, 0.5) is 0 Å². The molecule has 0 radical (unpaired) electrons. The van der Waals surface area contributed by atoms with Crippen molar-refractivity contribution in [3.8, 4) is 5.75 Å². The molecular formula is C24H29NO3. The van der Waals surface area contributed by atoms with Crippen LogP contribution < -0.4 is 0 Å². The van der Waals surface area contributed by atoms with E-state index in [1.165, 1.54) is 18.2 Å². The summed E-state index contributed by atoms with van der Waals surface area (Å²) < 4.78 is 4.83. The highest BCUT2D eigenvalue weighted by atomic mass is 16.5. The fourth-order valence-corrected chi connectivity index (χ4v) is 4.20. The van der Waals surface area contributed by atoms with Crippen molar-refractivity contribution in [3.63, 3.8) is 0 Å². The lowest BCUT2D eigenvalue weighted by atomic mass is 9.73. The summed E-state index contributed by atoms with van der Waals surface area (Å²) >= 11 is 0. The molecule has 0 amide bonds. The number of esters is 1. The number of phenolic OH excluding ortho intramolecular Hbond substituents is 1. The van der Waals surface area contributed by atoms with E-state index in [2.05, 4.69) is 31.1 Å². The molecule has 1 N–H and O–H groups in total. The Morgan fingerprint density at radius 1 is 1.21 bits per heavy atom. The summed E-state index contributed by atoms with van der Waals surface area (Å²) in [5.74, 6) is 0.934. The molecule has 4 nitrogen and oxygen atoms in total. The average Bonchev–Trinajstić information content (AvgIpc) is 2.68. The predicted octanol–water partition coefficient (Wildman–Crippen LogP) is 4.71. The monoisotopic (exact) mass is 379 g/mol. The lowest BCUT2D eigenvalue weighted by Crippen LogP contribution is -2.29. The van der Waals surface area contributed by atoms with Crippen LogP contribution in [0.1, 0.15) is 46.7 Å². The molecule has 0 saturated heterocycles. The van der Waals surface area contributed by atoms with Crippen molar-refractivity contribution in [3.05, 3.63) is 70.8 Å². The van der Waals surface area contributed by atoms with E-state index in [0.29, 0.717) is 23.1 Å². The van der Waals surface area contributed by atoms with E-state index in [1.54, 1.807) is 12.1 Å². The lowest BCUT2D eigenvalue weighted by molar-refractivity contribution is 0.0600. The van der Waals surface area contributed by atoms with Crippen LogP contribution in [0.15, 0.2) is 54.1 Å². The van der Waals surface area contributed by atoms with Gasteiger partial charge in [0.15, 0.2) is 0 Å². The average molecular weight is 380 g/mol. The molecule has 1 saturated carbocycles. The fourth-order valence-electron chi connectivity index (χ4n) is 4.20. The van der Waals surface area contributed by atoms with E-state index in [9.17, 15) is 9.90 Å². The first-order valence-corrected chi connectivity index (χ1v) is 9.77. The summed E-state index contributed by atoms with van der Waals surface area (Å²) in [7, 11) is 5.63. The van der Waals surface area contributed by atoms with Gasteiger partial charge < -0.3 is 14.7 Å². The van der Waals surface area contributed by atoms with Crippen LogP contribution in [-0.2, 0) is 4.74 Å². The Balaban J connectivity index is 1.86. The number of rotatable bonds is 5. The van der Waals surface area contributed by atoms with E-state index in [1.807, 2.05) is 30.3 Å². The van der Waals surface area contributed by atoms with Gasteiger partial charge in [0.2, 0.25) is 0 Å². The Labute approximate surface area is 167 Å². The van der Waals surface area contributed by atoms with Gasteiger partial charge in [0.05, 0.1) is 12.7 Å². The molecule has 0 spiro atoms. The molecule has 2 unspecified atom stereocenters. The molecule has 1 aliphatic carbocycles. The summed E-state index contributed by atoms with van der Waals surface area (Å²) in [6.45, 7) is 1.03. The number of carbonyl (C=O) groups excluding carboxylic acids is 1. The van der Waals surface area contributed by atoms with Crippen molar-refractivity contribution in [2.75, 3.05) is 27.7 Å². The normalized spacial score (nSPS) is 21.1. The van der Waals surface area contributed by atoms with E-state index in [-0.39, 0.29) is 5.97 Å². The fraction of sp³-hybridized carbons (Fsp3) is 0.375. The number of methoxy groups -OCH3 is 1. The van der Waals surface area contributed by atoms with Gasteiger partial charge in [0.25, 0.3) is 0 Å². The second-order valence-electron chi connectivity index (χ2n) is 7.89. The Bertz CT molecular complexity index is 856. The first kappa shape index (κ1) is 20.2. The van der Waals surface area contributed by atoms with Crippen molar-refractivity contribution < 1.29 is 14.6 Å². The molecule has 2 aromatic rings. The van der Waals surface area contributed by atoms with Gasteiger partial charge in [-0.25, -0.2) is 4.79 Å². The van der Waals surface area contributed by atoms with Gasteiger partial charge >= 0.3 is 5.97 Å². The maximum absolute atomic E-state index is 11.8. The summed E-state index contributed by atoms with van der Waals surface area (Å²) in [5, 5.41) is 9.95. The van der Waals surface area contributed by atoms with Gasteiger partial charge in [-0.1, -0.05) is 35.9 Å². The summed E-state index contributed by atoms with van der Waals surface area (Å²) in [6, 6.07) is 15.2. The molecule has 2 atom stereocenters. The zero-order valence-electron chi connectivity index (χ0n) is 16.9. The quantitative estimate of drug-likeness (QED) is 0.765. The molecule has 148 valence electrons. The molecule has 0 aromatic heterocycles. The molecule has 1 aliphatic rings. The van der Waals surface area contributed by atoms with Crippen molar-refractivity contribution >= 4 is 12.0 Å². The van der Waals surface area contributed by atoms with Gasteiger partial charge in [-0.2, -0.15) is 0 Å². The van der Waals surface area contributed by atoms with E-state index >= 15 is 0 Å². The number of benzene rings is 2. The highest BCUT2D eigenvalue weighted by molar-refractivity contribution is 5.90. The molecular weight excluding hydrogens is 350 g/mol. The first-order valence-electron chi connectivity index (χ1n) is 9.77. The van der Waals surface area contributed by atoms with Crippen molar-refractivity contribution in [1.29, 1.82) is 0 Å². The topological polar surface area (TPSA) is 49.8 Å².